The molecule has 1 amide bonds. The van der Waals surface area contributed by atoms with Gasteiger partial charge in [-0.2, -0.15) is 0 Å². The molecule has 5 nitrogen and oxygen atoms in total. The van der Waals surface area contributed by atoms with Crippen LogP contribution in [0.15, 0.2) is 30.3 Å². The highest BCUT2D eigenvalue weighted by Gasteiger charge is 2.36. The van der Waals surface area contributed by atoms with Crippen LogP contribution in [0, 0.1) is 5.92 Å². The first-order valence-corrected chi connectivity index (χ1v) is 10.4. The smallest absolute Gasteiger partial charge is 0.246 e. The largest absolute Gasteiger partial charge is 0.373 e. The Kier molecular flexibility index (Phi) is 6.56. The highest BCUT2D eigenvalue weighted by atomic mass is 16.5. The molecule has 2 aliphatic heterocycles. The molecule has 1 aromatic carbocycles. The number of piperidine rings is 1. The molecule has 2 fully saturated rings. The lowest BCUT2D eigenvalue weighted by Gasteiger charge is -2.39. The lowest BCUT2D eigenvalue weighted by molar-refractivity contribution is -0.138. The molecule has 0 bridgehead atoms. The van der Waals surface area contributed by atoms with Crippen LogP contribution in [0.5, 0.6) is 0 Å². The third-order valence-electron chi connectivity index (χ3n) is 6.07. The van der Waals surface area contributed by atoms with E-state index in [1.54, 1.807) is 0 Å². The molecule has 3 unspecified atom stereocenters. The van der Waals surface area contributed by atoms with E-state index in [1.165, 1.54) is 6.42 Å². The van der Waals surface area contributed by atoms with Gasteiger partial charge in [-0.05, 0) is 58.1 Å². The Balaban J connectivity index is 1.46. The van der Waals surface area contributed by atoms with Crippen LogP contribution in [-0.2, 0) is 15.1 Å². The molecule has 2 aliphatic rings. The van der Waals surface area contributed by atoms with Crippen LogP contribution in [0.2, 0.25) is 0 Å². The number of rotatable bonds is 5. The maximum atomic E-state index is 13.0. The maximum absolute atomic E-state index is 13.0. The number of amides is 1. The summed E-state index contributed by atoms with van der Waals surface area (Å²) in [7, 11) is 0. The maximum Gasteiger partial charge on any atom is 0.246 e. The minimum absolute atomic E-state index is 0.0444. The summed E-state index contributed by atoms with van der Waals surface area (Å²) in [6, 6.07) is 9.70. The third-order valence-corrected chi connectivity index (χ3v) is 6.07. The monoisotopic (exact) mass is 373 g/mol. The van der Waals surface area contributed by atoms with E-state index >= 15 is 0 Å². The van der Waals surface area contributed by atoms with Crippen molar-refractivity contribution in [2.45, 2.75) is 57.8 Å². The van der Waals surface area contributed by atoms with Crippen molar-refractivity contribution >= 4 is 5.91 Å². The van der Waals surface area contributed by atoms with Crippen molar-refractivity contribution in [1.29, 1.82) is 0 Å². The SMILES string of the molecule is CC1CN(CCC2CCN(C(=O)C(C)(N)c3ccccc3)CC2)CC(C)O1. The molecule has 3 rings (SSSR count). The Morgan fingerprint density at radius 2 is 1.74 bits per heavy atom. The number of hydrogen-bond donors (Lipinski definition) is 1. The third kappa shape index (κ3) is 5.09. The number of hydrogen-bond acceptors (Lipinski definition) is 4. The minimum atomic E-state index is -0.950. The lowest BCUT2D eigenvalue weighted by atomic mass is 9.88. The van der Waals surface area contributed by atoms with E-state index in [2.05, 4.69) is 18.7 Å². The molecule has 2 N–H and O–H groups in total. The van der Waals surface area contributed by atoms with Crippen LogP contribution in [0.4, 0.5) is 0 Å². The summed E-state index contributed by atoms with van der Waals surface area (Å²) in [6.45, 7) is 11.0. The van der Waals surface area contributed by atoms with Gasteiger partial charge in [0, 0.05) is 26.2 Å². The fourth-order valence-electron chi connectivity index (χ4n) is 4.49. The van der Waals surface area contributed by atoms with Gasteiger partial charge in [0.1, 0.15) is 5.54 Å². The van der Waals surface area contributed by atoms with Crippen molar-refractivity contribution in [2.75, 3.05) is 32.7 Å². The summed E-state index contributed by atoms with van der Waals surface area (Å²) in [5, 5.41) is 0. The molecule has 2 heterocycles. The van der Waals surface area contributed by atoms with Gasteiger partial charge in [-0.3, -0.25) is 9.69 Å². The molecule has 3 atom stereocenters. The summed E-state index contributed by atoms with van der Waals surface area (Å²) in [6.07, 6.45) is 4.01. The van der Waals surface area contributed by atoms with Crippen molar-refractivity contribution in [1.82, 2.24) is 9.80 Å². The predicted molar refractivity (Wildman–Crippen MR) is 108 cm³/mol. The van der Waals surface area contributed by atoms with Gasteiger partial charge in [0.25, 0.3) is 0 Å². The molecule has 0 saturated carbocycles. The summed E-state index contributed by atoms with van der Waals surface area (Å²) in [4.78, 5) is 17.5. The van der Waals surface area contributed by atoms with Crippen LogP contribution < -0.4 is 5.73 Å². The molecular weight excluding hydrogens is 338 g/mol. The van der Waals surface area contributed by atoms with Crippen molar-refractivity contribution < 1.29 is 9.53 Å². The first-order valence-electron chi connectivity index (χ1n) is 10.4. The normalized spacial score (nSPS) is 27.3. The second kappa shape index (κ2) is 8.72. The Hall–Kier alpha value is -1.43. The van der Waals surface area contributed by atoms with Gasteiger partial charge in [0.05, 0.1) is 12.2 Å². The molecule has 1 aromatic rings. The molecule has 0 radical (unpaired) electrons. The Morgan fingerprint density at radius 3 is 2.33 bits per heavy atom. The van der Waals surface area contributed by atoms with Crippen molar-refractivity contribution in [3.8, 4) is 0 Å². The Morgan fingerprint density at radius 1 is 1.15 bits per heavy atom. The molecule has 27 heavy (non-hydrogen) atoms. The lowest BCUT2D eigenvalue weighted by Crippen LogP contribution is -2.53. The zero-order chi connectivity index (χ0) is 19.4. The molecule has 0 spiro atoms. The zero-order valence-corrected chi connectivity index (χ0v) is 17.1. The number of morpholine rings is 1. The average molecular weight is 374 g/mol. The summed E-state index contributed by atoms with van der Waals surface area (Å²) in [5.41, 5.74) is 6.35. The number of benzene rings is 1. The Labute approximate surface area is 163 Å². The molecule has 0 aliphatic carbocycles. The van der Waals surface area contributed by atoms with Gasteiger partial charge in [0.2, 0.25) is 5.91 Å². The van der Waals surface area contributed by atoms with Crippen molar-refractivity contribution in [2.24, 2.45) is 11.7 Å². The van der Waals surface area contributed by atoms with Gasteiger partial charge in [-0.1, -0.05) is 30.3 Å². The second-order valence-corrected chi connectivity index (χ2v) is 8.61. The topological polar surface area (TPSA) is 58.8 Å². The standard InChI is InChI=1S/C22H35N3O2/c1-17-15-24(16-18(2)27-17)12-9-19-10-13-25(14-11-19)21(26)22(3,23)20-7-5-4-6-8-20/h4-8,17-19H,9-16,23H2,1-3H3. The fraction of sp³-hybridized carbons (Fsp3) is 0.682. The summed E-state index contributed by atoms with van der Waals surface area (Å²) < 4.78 is 5.82. The predicted octanol–water partition coefficient (Wildman–Crippen LogP) is 2.60. The van der Waals surface area contributed by atoms with E-state index in [4.69, 9.17) is 10.5 Å². The van der Waals surface area contributed by atoms with Crippen LogP contribution in [0.3, 0.4) is 0 Å². The highest BCUT2D eigenvalue weighted by molar-refractivity contribution is 5.87. The van der Waals surface area contributed by atoms with E-state index in [0.717, 1.165) is 51.1 Å². The first kappa shape index (κ1) is 20.3. The van der Waals surface area contributed by atoms with Crippen LogP contribution in [-0.4, -0.2) is 60.6 Å². The van der Waals surface area contributed by atoms with Gasteiger partial charge < -0.3 is 15.4 Å². The number of carbonyl (C=O) groups is 1. The van der Waals surface area contributed by atoms with E-state index in [-0.39, 0.29) is 5.91 Å². The van der Waals surface area contributed by atoms with Crippen LogP contribution >= 0.6 is 0 Å². The molecule has 5 heteroatoms. The molecule has 150 valence electrons. The first-order chi connectivity index (χ1) is 12.9. The number of nitrogens with two attached hydrogens (primary N) is 1. The van der Waals surface area contributed by atoms with Crippen molar-refractivity contribution in [3.05, 3.63) is 35.9 Å². The van der Waals surface area contributed by atoms with Gasteiger partial charge >= 0.3 is 0 Å². The van der Waals surface area contributed by atoms with E-state index < -0.39 is 5.54 Å². The average Bonchev–Trinajstić information content (AvgIpc) is 2.66. The number of carbonyl (C=O) groups excluding carboxylic acids is 1. The number of nitrogens with zero attached hydrogens (tertiary/aromatic N) is 2. The molecule has 0 aromatic heterocycles. The van der Waals surface area contributed by atoms with E-state index in [1.807, 2.05) is 42.2 Å². The zero-order valence-electron chi connectivity index (χ0n) is 17.1. The Bertz CT molecular complexity index is 601. The van der Waals surface area contributed by atoms with Gasteiger partial charge in [0.15, 0.2) is 0 Å². The quantitative estimate of drug-likeness (QED) is 0.862. The van der Waals surface area contributed by atoms with Gasteiger partial charge in [-0.25, -0.2) is 0 Å². The van der Waals surface area contributed by atoms with Crippen LogP contribution in [0.1, 0.15) is 45.6 Å². The summed E-state index contributed by atoms with van der Waals surface area (Å²) in [5.74, 6) is 0.742. The van der Waals surface area contributed by atoms with Crippen molar-refractivity contribution in [3.63, 3.8) is 0 Å². The fourth-order valence-corrected chi connectivity index (χ4v) is 4.49. The number of ether oxygens (including phenoxy) is 1. The highest BCUT2D eigenvalue weighted by Crippen LogP contribution is 2.26. The number of likely N-dealkylation sites (tertiary alicyclic amines) is 1. The summed E-state index contributed by atoms with van der Waals surface area (Å²) >= 11 is 0. The van der Waals surface area contributed by atoms with Crippen LogP contribution in [0.25, 0.3) is 0 Å². The second-order valence-electron chi connectivity index (χ2n) is 8.61. The minimum Gasteiger partial charge on any atom is -0.373 e. The van der Waals surface area contributed by atoms with Gasteiger partial charge in [-0.15, -0.1) is 0 Å². The molecule has 2 saturated heterocycles. The van der Waals surface area contributed by atoms with E-state index in [0.29, 0.717) is 18.1 Å². The van der Waals surface area contributed by atoms with E-state index in [9.17, 15) is 4.79 Å². The molecular formula is C22H35N3O2.